The minimum Gasteiger partial charge on any atom is -0.326 e. The number of carbonyl (C=O) groups excluding carboxylic acids is 1. The van der Waals surface area contributed by atoms with Crippen molar-refractivity contribution >= 4 is 29.0 Å². The van der Waals surface area contributed by atoms with E-state index in [1.807, 2.05) is 0 Å². The van der Waals surface area contributed by atoms with Crippen LogP contribution in [0.2, 0.25) is 0 Å². The van der Waals surface area contributed by atoms with Gasteiger partial charge in [0, 0.05) is 35.5 Å². The van der Waals surface area contributed by atoms with Gasteiger partial charge in [0.25, 0.3) is 17.0 Å². The molecule has 1 aromatic carbocycles. The number of carbonyl (C=O) groups is 1. The molecule has 0 spiro atoms. The molecule has 0 radical (unpaired) electrons. The normalized spacial score (nSPS) is 10.8. The number of non-ortho nitro benzene ring substituents is 1. The second-order valence-electron chi connectivity index (χ2n) is 5.17. The Balaban J connectivity index is 2.02. The average Bonchev–Trinajstić information content (AvgIpc) is 2.53. The fourth-order valence-electron chi connectivity index (χ4n) is 2.18. The van der Waals surface area contributed by atoms with Gasteiger partial charge in [-0.15, -0.1) is 0 Å². The highest BCUT2D eigenvalue weighted by Gasteiger charge is 2.14. The zero-order valence-electron chi connectivity index (χ0n) is 13.5. The van der Waals surface area contributed by atoms with Gasteiger partial charge in [0.05, 0.1) is 4.92 Å². The van der Waals surface area contributed by atoms with Gasteiger partial charge in [-0.05, 0) is 31.2 Å². The molecule has 8 nitrogen and oxygen atoms in total. The number of nitro benzene ring substituents is 1. The smallest absolute Gasteiger partial charge is 0.291 e. The molecule has 0 aliphatic rings. The quantitative estimate of drug-likeness (QED) is 0.328. The largest absolute Gasteiger partial charge is 0.326 e. The molecular weight excluding hydrogens is 370 g/mol. The number of amides is 1. The number of hydrogen-bond acceptors (Lipinski definition) is 6. The molecule has 0 aliphatic heterocycles. The summed E-state index contributed by atoms with van der Waals surface area (Å²) >= 11 is 0.131. The molecule has 11 heteroatoms. The summed E-state index contributed by atoms with van der Waals surface area (Å²) < 4.78 is 24.7. The van der Waals surface area contributed by atoms with Crippen LogP contribution in [-0.2, 0) is 11.2 Å². The number of benzene rings is 1. The number of nitrogens with zero attached hydrogens (tertiary/aromatic N) is 2. The van der Waals surface area contributed by atoms with Crippen molar-refractivity contribution in [3.05, 3.63) is 56.0 Å². The Morgan fingerprint density at radius 3 is 2.81 bits per heavy atom. The molecule has 0 unspecified atom stereocenters. The van der Waals surface area contributed by atoms with Crippen LogP contribution in [0.15, 0.2) is 34.2 Å². The van der Waals surface area contributed by atoms with Crippen LogP contribution in [0.5, 0.6) is 0 Å². The van der Waals surface area contributed by atoms with E-state index in [1.54, 1.807) is 0 Å². The van der Waals surface area contributed by atoms with Gasteiger partial charge in [-0.1, -0.05) is 6.07 Å². The highest BCUT2D eigenvalue weighted by Crippen LogP contribution is 2.21. The summed E-state index contributed by atoms with van der Waals surface area (Å²) in [5, 5.41) is 13.0. The number of anilines is 1. The third-order valence-corrected chi connectivity index (χ3v) is 3.94. The molecule has 1 aromatic heterocycles. The summed E-state index contributed by atoms with van der Waals surface area (Å²) in [6.45, 7) is 1.50. The maximum Gasteiger partial charge on any atom is 0.291 e. The fraction of sp³-hybridized carbons (Fsp3) is 0.267. The van der Waals surface area contributed by atoms with Gasteiger partial charge in [-0.3, -0.25) is 19.7 Å². The van der Waals surface area contributed by atoms with Gasteiger partial charge in [0.2, 0.25) is 5.91 Å². The molecule has 26 heavy (non-hydrogen) atoms. The number of thioether (sulfide) groups is 1. The maximum absolute atomic E-state index is 12.3. The number of rotatable bonds is 7. The molecule has 1 amide bonds. The molecule has 1 heterocycles. The van der Waals surface area contributed by atoms with Crippen molar-refractivity contribution in [1.82, 2.24) is 9.97 Å². The molecule has 0 bridgehead atoms. The molecule has 2 N–H and O–H groups in total. The Morgan fingerprint density at radius 2 is 2.19 bits per heavy atom. The maximum atomic E-state index is 12.3. The van der Waals surface area contributed by atoms with Crippen LogP contribution >= 0.6 is 11.8 Å². The number of hydrogen-bond donors (Lipinski definition) is 2. The number of nitrogens with one attached hydrogen (secondary N) is 2. The molecule has 2 aromatic rings. The first kappa shape index (κ1) is 19.5. The lowest BCUT2D eigenvalue weighted by Crippen LogP contribution is -2.20. The summed E-state index contributed by atoms with van der Waals surface area (Å²) in [5.41, 5.74) is 0.00435. The van der Waals surface area contributed by atoms with Crippen LogP contribution in [0.4, 0.5) is 20.2 Å². The molecule has 0 fully saturated rings. The molecular formula is C15H14F2N4O4S. The highest BCUT2D eigenvalue weighted by atomic mass is 32.2. The minimum atomic E-state index is -2.70. The topological polar surface area (TPSA) is 118 Å². The average molecular weight is 384 g/mol. The van der Waals surface area contributed by atoms with E-state index >= 15 is 0 Å². The minimum absolute atomic E-state index is 0.0502. The van der Waals surface area contributed by atoms with Crippen LogP contribution in [0.3, 0.4) is 0 Å². The first-order chi connectivity index (χ1) is 12.3. The van der Waals surface area contributed by atoms with Crippen molar-refractivity contribution in [2.24, 2.45) is 0 Å². The van der Waals surface area contributed by atoms with E-state index in [1.165, 1.54) is 31.2 Å². The van der Waals surface area contributed by atoms with Gasteiger partial charge >= 0.3 is 0 Å². The predicted molar refractivity (Wildman–Crippen MR) is 91.5 cm³/mol. The summed E-state index contributed by atoms with van der Waals surface area (Å²) in [4.78, 5) is 40.2. The summed E-state index contributed by atoms with van der Waals surface area (Å²) in [5.74, 6) is -3.15. The summed E-state index contributed by atoms with van der Waals surface area (Å²) in [7, 11) is 0. The van der Waals surface area contributed by atoms with E-state index in [0.29, 0.717) is 0 Å². The predicted octanol–water partition coefficient (Wildman–Crippen LogP) is 2.87. The SMILES string of the molecule is Cc1nc(SC(F)F)[nH]c(=O)c1CCC(=O)Nc1cccc([N+](=O)[O-])c1. The molecule has 2 rings (SSSR count). The molecule has 0 saturated heterocycles. The number of alkyl halides is 2. The lowest BCUT2D eigenvalue weighted by atomic mass is 10.1. The number of nitro groups is 1. The number of halogens is 2. The van der Waals surface area contributed by atoms with Crippen molar-refractivity contribution in [1.29, 1.82) is 0 Å². The molecule has 0 atom stereocenters. The highest BCUT2D eigenvalue weighted by molar-refractivity contribution is 7.99. The van der Waals surface area contributed by atoms with E-state index in [-0.39, 0.29) is 52.4 Å². The van der Waals surface area contributed by atoms with Gasteiger partial charge in [-0.25, -0.2) is 4.98 Å². The van der Waals surface area contributed by atoms with Crippen molar-refractivity contribution < 1.29 is 18.5 Å². The van der Waals surface area contributed by atoms with Gasteiger partial charge in [-0.2, -0.15) is 8.78 Å². The Morgan fingerprint density at radius 1 is 1.46 bits per heavy atom. The second kappa shape index (κ2) is 8.52. The van der Waals surface area contributed by atoms with Crippen LogP contribution in [0.25, 0.3) is 0 Å². The van der Waals surface area contributed by atoms with Crippen molar-refractivity contribution in [2.75, 3.05) is 5.32 Å². The van der Waals surface area contributed by atoms with Crippen molar-refractivity contribution in [3.8, 4) is 0 Å². The van der Waals surface area contributed by atoms with Gasteiger partial charge in [0.1, 0.15) is 0 Å². The van der Waals surface area contributed by atoms with Gasteiger partial charge < -0.3 is 10.3 Å². The molecule has 0 aliphatic carbocycles. The zero-order chi connectivity index (χ0) is 19.3. The van der Waals surface area contributed by atoms with Crippen LogP contribution in [-0.4, -0.2) is 26.6 Å². The van der Waals surface area contributed by atoms with Gasteiger partial charge in [0.15, 0.2) is 5.16 Å². The van der Waals surface area contributed by atoms with E-state index in [0.717, 1.165) is 0 Å². The summed E-state index contributed by atoms with van der Waals surface area (Å²) in [6, 6.07) is 5.45. The van der Waals surface area contributed by atoms with Crippen LogP contribution in [0, 0.1) is 17.0 Å². The molecule has 0 saturated carbocycles. The third-order valence-electron chi connectivity index (χ3n) is 3.34. The Bertz CT molecular complexity index is 888. The Hall–Kier alpha value is -2.82. The monoisotopic (exact) mass is 384 g/mol. The Labute approximate surface area is 150 Å². The van der Waals surface area contributed by atoms with E-state index in [4.69, 9.17) is 0 Å². The third kappa shape index (κ3) is 5.34. The molecule has 138 valence electrons. The number of aromatic nitrogens is 2. The van der Waals surface area contributed by atoms with E-state index in [9.17, 15) is 28.5 Å². The fourth-order valence-corrected chi connectivity index (χ4v) is 2.69. The lowest BCUT2D eigenvalue weighted by Gasteiger charge is -2.08. The lowest BCUT2D eigenvalue weighted by molar-refractivity contribution is -0.384. The zero-order valence-corrected chi connectivity index (χ0v) is 14.3. The number of aryl methyl sites for hydroxylation is 1. The first-order valence-electron chi connectivity index (χ1n) is 7.35. The van der Waals surface area contributed by atoms with Crippen LogP contribution < -0.4 is 10.9 Å². The van der Waals surface area contributed by atoms with E-state index in [2.05, 4.69) is 15.3 Å². The van der Waals surface area contributed by atoms with Crippen molar-refractivity contribution in [3.63, 3.8) is 0 Å². The number of H-pyrrole nitrogens is 1. The standard InChI is InChI=1S/C15H14F2N4O4S/c1-8-11(13(23)20-15(18-8)26-14(16)17)5-6-12(22)19-9-3-2-4-10(7-9)21(24)25/h2-4,7,14H,5-6H2,1H3,(H,19,22)(H,18,20,23). The second-order valence-corrected chi connectivity index (χ2v) is 6.15. The van der Waals surface area contributed by atoms with Crippen LogP contribution in [0.1, 0.15) is 17.7 Å². The Kier molecular flexibility index (Phi) is 6.39. The number of aromatic amines is 1. The van der Waals surface area contributed by atoms with E-state index < -0.39 is 22.1 Å². The van der Waals surface area contributed by atoms with Crippen molar-refractivity contribution in [2.45, 2.75) is 30.7 Å². The first-order valence-corrected chi connectivity index (χ1v) is 8.23. The summed E-state index contributed by atoms with van der Waals surface area (Å²) in [6.07, 6.45) is -0.0236.